The number of carbonyl (C=O) groups excluding carboxylic acids is 1. The van der Waals surface area contributed by atoms with Crippen LogP contribution in [0.4, 0.5) is 0 Å². The normalized spacial score (nSPS) is 26.0. The third kappa shape index (κ3) is 2.28. The molecule has 0 saturated carbocycles. The lowest BCUT2D eigenvalue weighted by atomic mass is 9.75. The van der Waals surface area contributed by atoms with Gasteiger partial charge in [0.15, 0.2) is 0 Å². The molecule has 2 N–H and O–H groups in total. The lowest BCUT2D eigenvalue weighted by molar-refractivity contribution is -0.141. The van der Waals surface area contributed by atoms with Gasteiger partial charge in [0.05, 0.1) is 6.61 Å². The van der Waals surface area contributed by atoms with Gasteiger partial charge >= 0.3 is 5.97 Å². The zero-order valence-electron chi connectivity index (χ0n) is 11.0. The van der Waals surface area contributed by atoms with Gasteiger partial charge in [0, 0.05) is 17.4 Å². The topological polar surface area (TPSA) is 75.6 Å². The summed E-state index contributed by atoms with van der Waals surface area (Å²) in [7, 11) is 0. The van der Waals surface area contributed by atoms with Crippen LogP contribution in [0.2, 0.25) is 0 Å². The molecule has 0 aliphatic carbocycles. The summed E-state index contributed by atoms with van der Waals surface area (Å²) in [4.78, 5) is 23.0. The molecule has 1 aromatic carbocycles. The smallest absolute Gasteiger partial charge is 0.327 e. The number of para-hydroxylation sites is 1. The minimum absolute atomic E-state index is 0.147. The number of carbonyl (C=O) groups is 2. The number of hydrogen-bond donors (Lipinski definition) is 2. The molecular weight excluding hydrogens is 246 g/mol. The number of ether oxygens (including phenoxy) is 1. The summed E-state index contributed by atoms with van der Waals surface area (Å²) >= 11 is 0. The van der Waals surface area contributed by atoms with Gasteiger partial charge in [0.2, 0.25) is 5.91 Å². The molecule has 1 aliphatic rings. The molecule has 19 heavy (non-hydrogen) atoms. The number of hydrogen-bond acceptors (Lipinski definition) is 3. The van der Waals surface area contributed by atoms with E-state index in [0.29, 0.717) is 12.4 Å². The van der Waals surface area contributed by atoms with Crippen molar-refractivity contribution in [1.82, 2.24) is 5.32 Å². The van der Waals surface area contributed by atoms with Crippen molar-refractivity contribution in [3.8, 4) is 5.75 Å². The number of aliphatic carboxylic acids is 1. The Labute approximate surface area is 111 Å². The van der Waals surface area contributed by atoms with E-state index in [0.717, 1.165) is 5.56 Å². The molecule has 2 rings (SSSR count). The minimum Gasteiger partial charge on any atom is -0.494 e. The van der Waals surface area contributed by atoms with Gasteiger partial charge in [-0.2, -0.15) is 0 Å². The van der Waals surface area contributed by atoms with Gasteiger partial charge in [-0.25, -0.2) is 4.79 Å². The van der Waals surface area contributed by atoms with Crippen molar-refractivity contribution in [3.05, 3.63) is 29.8 Å². The van der Waals surface area contributed by atoms with E-state index >= 15 is 0 Å². The molecule has 5 nitrogen and oxygen atoms in total. The summed E-state index contributed by atoms with van der Waals surface area (Å²) in [6.45, 7) is 4.14. The van der Waals surface area contributed by atoms with E-state index in [4.69, 9.17) is 4.74 Å². The summed E-state index contributed by atoms with van der Waals surface area (Å²) in [5.41, 5.74) is -0.0445. The summed E-state index contributed by atoms with van der Waals surface area (Å²) in [5.74, 6) is -0.642. The highest BCUT2D eigenvalue weighted by Crippen LogP contribution is 2.40. The number of carboxylic acid groups (broad SMARTS) is 1. The maximum atomic E-state index is 11.6. The first-order chi connectivity index (χ1) is 8.99. The summed E-state index contributed by atoms with van der Waals surface area (Å²) in [6, 6.07) is 6.34. The van der Waals surface area contributed by atoms with E-state index in [1.165, 1.54) is 0 Å². The Hall–Kier alpha value is -2.04. The SMILES string of the molecule is CCOc1ccccc1C1(C)CC(=O)NC1C(=O)O. The molecule has 2 atom stereocenters. The molecule has 0 bridgehead atoms. The highest BCUT2D eigenvalue weighted by Gasteiger charge is 2.49. The third-order valence-electron chi connectivity index (χ3n) is 3.52. The molecule has 0 spiro atoms. The second-order valence-electron chi connectivity index (χ2n) is 4.86. The molecule has 1 saturated heterocycles. The Bertz CT molecular complexity index is 514. The number of nitrogens with one attached hydrogen (secondary N) is 1. The predicted octanol–water partition coefficient (Wildman–Crippen LogP) is 1.32. The van der Waals surface area contributed by atoms with Crippen LogP contribution in [0, 0.1) is 0 Å². The van der Waals surface area contributed by atoms with E-state index in [-0.39, 0.29) is 12.3 Å². The van der Waals surface area contributed by atoms with Crippen LogP contribution >= 0.6 is 0 Å². The van der Waals surface area contributed by atoms with E-state index in [1.54, 1.807) is 13.0 Å². The Morgan fingerprint density at radius 2 is 2.21 bits per heavy atom. The monoisotopic (exact) mass is 263 g/mol. The van der Waals surface area contributed by atoms with Gasteiger partial charge in [0.1, 0.15) is 11.8 Å². The van der Waals surface area contributed by atoms with Crippen molar-refractivity contribution in [2.45, 2.75) is 31.7 Å². The fourth-order valence-corrected chi connectivity index (χ4v) is 2.61. The van der Waals surface area contributed by atoms with Gasteiger partial charge in [-0.15, -0.1) is 0 Å². The van der Waals surface area contributed by atoms with Gasteiger partial charge in [0.25, 0.3) is 0 Å². The zero-order valence-corrected chi connectivity index (χ0v) is 11.0. The number of amides is 1. The van der Waals surface area contributed by atoms with E-state index in [2.05, 4.69) is 5.32 Å². The number of benzene rings is 1. The number of carboxylic acids is 1. The summed E-state index contributed by atoms with van der Waals surface area (Å²) in [5, 5.41) is 11.8. The first-order valence-electron chi connectivity index (χ1n) is 6.23. The highest BCUT2D eigenvalue weighted by molar-refractivity contribution is 5.91. The van der Waals surface area contributed by atoms with Gasteiger partial charge in [-0.3, -0.25) is 4.79 Å². The predicted molar refractivity (Wildman–Crippen MR) is 69.1 cm³/mol. The van der Waals surface area contributed by atoms with Crippen LogP contribution in [0.1, 0.15) is 25.8 Å². The van der Waals surface area contributed by atoms with Crippen LogP contribution in [0.5, 0.6) is 5.75 Å². The second-order valence-corrected chi connectivity index (χ2v) is 4.86. The zero-order chi connectivity index (χ0) is 14.0. The largest absolute Gasteiger partial charge is 0.494 e. The standard InChI is InChI=1S/C14H17NO4/c1-3-19-10-7-5-4-6-9(10)14(2)8-11(16)15-12(14)13(17)18/h4-7,12H,3,8H2,1-2H3,(H,15,16)(H,17,18). The van der Waals surface area contributed by atoms with Crippen molar-refractivity contribution in [2.24, 2.45) is 0 Å². The maximum Gasteiger partial charge on any atom is 0.327 e. The first-order valence-corrected chi connectivity index (χ1v) is 6.23. The average molecular weight is 263 g/mol. The van der Waals surface area contributed by atoms with E-state index < -0.39 is 17.4 Å². The Balaban J connectivity index is 2.49. The molecular formula is C14H17NO4. The minimum atomic E-state index is -1.03. The van der Waals surface area contributed by atoms with Crippen LogP contribution < -0.4 is 10.1 Å². The van der Waals surface area contributed by atoms with Crippen molar-refractivity contribution >= 4 is 11.9 Å². The average Bonchev–Trinajstić information content (AvgIpc) is 2.67. The third-order valence-corrected chi connectivity index (χ3v) is 3.52. The molecule has 0 aromatic heterocycles. The van der Waals surface area contributed by atoms with Crippen molar-refractivity contribution in [2.75, 3.05) is 6.61 Å². The molecule has 2 unspecified atom stereocenters. The highest BCUT2D eigenvalue weighted by atomic mass is 16.5. The quantitative estimate of drug-likeness (QED) is 0.859. The fourth-order valence-electron chi connectivity index (χ4n) is 2.61. The first kappa shape index (κ1) is 13.4. The van der Waals surface area contributed by atoms with Gasteiger partial charge < -0.3 is 15.2 Å². The number of rotatable bonds is 4. The van der Waals surface area contributed by atoms with Crippen molar-refractivity contribution < 1.29 is 19.4 Å². The molecule has 1 fully saturated rings. The lowest BCUT2D eigenvalue weighted by Crippen LogP contribution is -2.44. The molecule has 0 radical (unpaired) electrons. The Morgan fingerprint density at radius 1 is 1.53 bits per heavy atom. The van der Waals surface area contributed by atoms with Crippen LogP contribution in [-0.4, -0.2) is 29.6 Å². The maximum absolute atomic E-state index is 11.6. The second kappa shape index (κ2) is 4.91. The molecule has 1 aromatic rings. The van der Waals surface area contributed by atoms with Crippen molar-refractivity contribution in [3.63, 3.8) is 0 Å². The summed E-state index contributed by atoms with van der Waals surface area (Å²) in [6.07, 6.45) is 0.147. The van der Waals surface area contributed by atoms with Crippen LogP contribution in [-0.2, 0) is 15.0 Å². The fraction of sp³-hybridized carbons (Fsp3) is 0.429. The molecule has 5 heteroatoms. The van der Waals surface area contributed by atoms with E-state index in [9.17, 15) is 14.7 Å². The Morgan fingerprint density at radius 3 is 2.84 bits per heavy atom. The van der Waals surface area contributed by atoms with Crippen LogP contribution in [0.25, 0.3) is 0 Å². The summed E-state index contributed by atoms with van der Waals surface area (Å²) < 4.78 is 5.55. The molecule has 1 heterocycles. The van der Waals surface area contributed by atoms with Gasteiger partial charge in [-0.1, -0.05) is 25.1 Å². The molecule has 1 aliphatic heterocycles. The Kier molecular flexibility index (Phi) is 3.46. The van der Waals surface area contributed by atoms with E-state index in [1.807, 2.05) is 25.1 Å². The lowest BCUT2D eigenvalue weighted by Gasteiger charge is -2.29. The molecule has 102 valence electrons. The van der Waals surface area contributed by atoms with Gasteiger partial charge in [-0.05, 0) is 13.0 Å². The van der Waals surface area contributed by atoms with Crippen LogP contribution in [0.15, 0.2) is 24.3 Å². The van der Waals surface area contributed by atoms with Crippen molar-refractivity contribution in [1.29, 1.82) is 0 Å². The van der Waals surface area contributed by atoms with Crippen LogP contribution in [0.3, 0.4) is 0 Å². The molecule has 1 amide bonds.